The van der Waals surface area contributed by atoms with Crippen molar-refractivity contribution in [1.29, 1.82) is 0 Å². The topological polar surface area (TPSA) is 83.4 Å². The number of hydrogen-bond acceptors (Lipinski definition) is 5. The maximum atomic E-state index is 12.7. The zero-order valence-electron chi connectivity index (χ0n) is 23.1. The molecule has 1 aliphatic heterocycles. The van der Waals surface area contributed by atoms with Gasteiger partial charge in [-0.1, -0.05) is 24.8 Å². The fourth-order valence-electron chi connectivity index (χ4n) is 4.83. The Hall–Kier alpha value is -3.94. The van der Waals surface area contributed by atoms with Crippen molar-refractivity contribution in [3.05, 3.63) is 78.7 Å². The zero-order valence-corrected chi connectivity index (χ0v) is 23.1. The highest BCUT2D eigenvalue weighted by Crippen LogP contribution is 2.33. The predicted molar refractivity (Wildman–Crippen MR) is 151 cm³/mol. The minimum absolute atomic E-state index is 0.0517. The smallest absolute Gasteiger partial charge is 0.271 e. The van der Waals surface area contributed by atoms with Gasteiger partial charge in [-0.05, 0) is 69.4 Å². The van der Waals surface area contributed by atoms with Gasteiger partial charge in [0, 0.05) is 56.2 Å². The van der Waals surface area contributed by atoms with Crippen molar-refractivity contribution < 1.29 is 9.59 Å². The van der Waals surface area contributed by atoms with E-state index in [2.05, 4.69) is 72.7 Å². The SMILES string of the molecule is C=CC(=O)N(C)C1CCCN(c2cnccc2-c2ccc(CNC(=O)c3cn(C(C)(C)C)cn3)c(C)c2)C1. The summed E-state index contributed by atoms with van der Waals surface area (Å²) in [7, 11) is 1.85. The molecule has 1 N–H and O–H groups in total. The molecule has 0 radical (unpaired) electrons. The summed E-state index contributed by atoms with van der Waals surface area (Å²) in [6.07, 6.45) is 10.5. The van der Waals surface area contributed by atoms with Crippen LogP contribution in [0, 0.1) is 6.92 Å². The average molecular weight is 515 g/mol. The van der Waals surface area contributed by atoms with Gasteiger partial charge in [-0.3, -0.25) is 14.6 Å². The molecule has 8 nitrogen and oxygen atoms in total. The van der Waals surface area contributed by atoms with E-state index in [9.17, 15) is 9.59 Å². The van der Waals surface area contributed by atoms with E-state index in [0.717, 1.165) is 53.9 Å². The monoisotopic (exact) mass is 514 g/mol. The third kappa shape index (κ3) is 5.96. The molecule has 0 bridgehead atoms. The van der Waals surface area contributed by atoms with Crippen molar-refractivity contribution >= 4 is 17.5 Å². The number of benzene rings is 1. The number of aryl methyl sites for hydroxylation is 1. The third-order valence-corrected chi connectivity index (χ3v) is 7.29. The highest BCUT2D eigenvalue weighted by molar-refractivity contribution is 5.92. The third-order valence-electron chi connectivity index (χ3n) is 7.29. The Balaban J connectivity index is 1.48. The standard InChI is InChI=1S/C30H38N6O2/c1-7-28(37)34(6)24-9-8-14-35(18-24)27-17-31-13-12-25(27)22-10-11-23(21(2)15-22)16-32-29(38)26-19-36(20-33-26)30(3,4)5/h7,10-13,15,17,19-20,24H,1,8-9,14,16,18H2,2-6H3,(H,32,38). The number of rotatable bonds is 7. The van der Waals surface area contributed by atoms with Gasteiger partial charge in [-0.2, -0.15) is 0 Å². The first-order valence-corrected chi connectivity index (χ1v) is 13.1. The molecule has 3 heterocycles. The van der Waals surface area contributed by atoms with Crippen molar-refractivity contribution in [2.24, 2.45) is 0 Å². The van der Waals surface area contributed by atoms with E-state index in [1.165, 1.54) is 6.08 Å². The molecule has 4 rings (SSSR count). The Kier molecular flexibility index (Phi) is 7.99. The van der Waals surface area contributed by atoms with Crippen LogP contribution in [-0.4, -0.2) is 57.4 Å². The Bertz CT molecular complexity index is 1320. The van der Waals surface area contributed by atoms with Crippen molar-refractivity contribution in [1.82, 2.24) is 24.8 Å². The van der Waals surface area contributed by atoms with Crippen LogP contribution >= 0.6 is 0 Å². The molecule has 0 spiro atoms. The first kappa shape index (κ1) is 27.1. The number of likely N-dealkylation sites (N-methyl/N-ethyl adjacent to an activating group) is 1. The lowest BCUT2D eigenvalue weighted by atomic mass is 9.97. The Morgan fingerprint density at radius 1 is 1.26 bits per heavy atom. The minimum atomic E-state index is -0.188. The van der Waals surface area contributed by atoms with Gasteiger partial charge >= 0.3 is 0 Å². The van der Waals surface area contributed by atoms with Crippen LogP contribution in [0.5, 0.6) is 0 Å². The van der Waals surface area contributed by atoms with Gasteiger partial charge in [-0.15, -0.1) is 0 Å². The fraction of sp³-hybridized carbons (Fsp3) is 0.400. The zero-order chi connectivity index (χ0) is 27.4. The number of aromatic nitrogens is 3. The maximum Gasteiger partial charge on any atom is 0.271 e. The lowest BCUT2D eigenvalue weighted by Gasteiger charge is -2.39. The summed E-state index contributed by atoms with van der Waals surface area (Å²) in [4.78, 5) is 37.6. The summed E-state index contributed by atoms with van der Waals surface area (Å²) in [5.41, 5.74) is 5.69. The lowest BCUT2D eigenvalue weighted by molar-refractivity contribution is -0.126. The van der Waals surface area contributed by atoms with Gasteiger partial charge in [0.05, 0.1) is 18.2 Å². The number of nitrogens with zero attached hydrogens (tertiary/aromatic N) is 5. The largest absolute Gasteiger partial charge is 0.368 e. The van der Waals surface area contributed by atoms with E-state index < -0.39 is 0 Å². The summed E-state index contributed by atoms with van der Waals surface area (Å²) in [5, 5.41) is 3.00. The van der Waals surface area contributed by atoms with Crippen LogP contribution in [0.2, 0.25) is 0 Å². The quantitative estimate of drug-likeness (QED) is 0.468. The second-order valence-corrected chi connectivity index (χ2v) is 10.9. The van der Waals surface area contributed by atoms with Gasteiger partial charge in [0.2, 0.25) is 5.91 Å². The lowest BCUT2D eigenvalue weighted by Crippen LogP contribution is -2.48. The summed E-state index contributed by atoms with van der Waals surface area (Å²) in [6, 6.07) is 8.49. The van der Waals surface area contributed by atoms with E-state index in [1.54, 1.807) is 17.4 Å². The second-order valence-electron chi connectivity index (χ2n) is 10.9. The van der Waals surface area contributed by atoms with E-state index in [-0.39, 0.29) is 23.4 Å². The fourth-order valence-corrected chi connectivity index (χ4v) is 4.83. The molecule has 1 saturated heterocycles. The number of amides is 2. The molecule has 1 aromatic carbocycles. The first-order chi connectivity index (χ1) is 18.1. The molecule has 2 amide bonds. The Labute approximate surface area is 225 Å². The van der Waals surface area contributed by atoms with Crippen molar-refractivity contribution in [3.8, 4) is 11.1 Å². The highest BCUT2D eigenvalue weighted by atomic mass is 16.2. The van der Waals surface area contributed by atoms with Gasteiger partial charge in [-0.25, -0.2) is 4.98 Å². The van der Waals surface area contributed by atoms with Gasteiger partial charge in [0.1, 0.15) is 5.69 Å². The van der Waals surface area contributed by atoms with Crippen LogP contribution in [0.1, 0.15) is 55.2 Å². The molecule has 1 atom stereocenters. The molecule has 1 aliphatic rings. The maximum absolute atomic E-state index is 12.7. The molecule has 0 aliphatic carbocycles. The molecule has 3 aromatic rings. The molecule has 8 heteroatoms. The predicted octanol–water partition coefficient (Wildman–Crippen LogP) is 4.55. The number of imidazole rings is 1. The number of piperidine rings is 1. The summed E-state index contributed by atoms with van der Waals surface area (Å²) in [6.45, 7) is 14.0. The van der Waals surface area contributed by atoms with Crippen LogP contribution < -0.4 is 10.2 Å². The number of carbonyl (C=O) groups is 2. The normalized spacial score (nSPS) is 15.7. The Morgan fingerprint density at radius 3 is 2.74 bits per heavy atom. The van der Waals surface area contributed by atoms with Gasteiger partial charge in [0.25, 0.3) is 5.91 Å². The summed E-state index contributed by atoms with van der Waals surface area (Å²) < 4.78 is 1.94. The molecular weight excluding hydrogens is 476 g/mol. The van der Waals surface area contributed by atoms with Crippen molar-refractivity contribution in [2.75, 3.05) is 25.0 Å². The molecular formula is C30H38N6O2. The molecule has 0 saturated carbocycles. The number of nitrogens with one attached hydrogen (secondary N) is 1. The van der Waals surface area contributed by atoms with E-state index in [1.807, 2.05) is 30.1 Å². The van der Waals surface area contributed by atoms with Gasteiger partial charge in [0.15, 0.2) is 0 Å². The molecule has 2 aromatic heterocycles. The molecule has 1 unspecified atom stereocenters. The number of anilines is 1. The van der Waals surface area contributed by atoms with E-state index in [0.29, 0.717) is 12.2 Å². The second kappa shape index (κ2) is 11.2. The van der Waals surface area contributed by atoms with E-state index in [4.69, 9.17) is 0 Å². The molecule has 1 fully saturated rings. The summed E-state index contributed by atoms with van der Waals surface area (Å²) in [5.74, 6) is -0.239. The first-order valence-electron chi connectivity index (χ1n) is 13.1. The van der Waals surface area contributed by atoms with E-state index >= 15 is 0 Å². The van der Waals surface area contributed by atoms with Crippen molar-refractivity contribution in [2.45, 2.75) is 58.7 Å². The van der Waals surface area contributed by atoms with Crippen molar-refractivity contribution in [3.63, 3.8) is 0 Å². The Morgan fingerprint density at radius 2 is 2.05 bits per heavy atom. The highest BCUT2D eigenvalue weighted by Gasteiger charge is 2.27. The van der Waals surface area contributed by atoms with Crippen LogP contribution in [-0.2, 0) is 16.9 Å². The summed E-state index contributed by atoms with van der Waals surface area (Å²) >= 11 is 0. The van der Waals surface area contributed by atoms with Crippen LogP contribution in [0.25, 0.3) is 11.1 Å². The number of hydrogen-bond donors (Lipinski definition) is 1. The van der Waals surface area contributed by atoms with Crippen LogP contribution in [0.4, 0.5) is 5.69 Å². The molecule has 200 valence electrons. The van der Waals surface area contributed by atoms with Gasteiger partial charge < -0.3 is 19.7 Å². The average Bonchev–Trinajstić information content (AvgIpc) is 3.43. The van der Waals surface area contributed by atoms with Crippen LogP contribution in [0.15, 0.2) is 61.8 Å². The number of carbonyl (C=O) groups excluding carboxylic acids is 2. The minimum Gasteiger partial charge on any atom is -0.368 e. The molecule has 38 heavy (non-hydrogen) atoms. The number of pyridine rings is 1. The van der Waals surface area contributed by atoms with Crippen LogP contribution in [0.3, 0.4) is 0 Å².